The summed E-state index contributed by atoms with van der Waals surface area (Å²) in [6.07, 6.45) is 0.730. The van der Waals surface area contributed by atoms with Crippen molar-refractivity contribution < 1.29 is 9.59 Å². The second-order valence-electron chi connectivity index (χ2n) is 5.17. The van der Waals surface area contributed by atoms with Gasteiger partial charge in [-0.25, -0.2) is 4.98 Å². The number of rotatable bonds is 3. The predicted molar refractivity (Wildman–Crippen MR) is 75.2 cm³/mol. The van der Waals surface area contributed by atoms with Crippen molar-refractivity contribution in [2.24, 2.45) is 5.92 Å². The zero-order valence-corrected chi connectivity index (χ0v) is 12.3. The molecule has 0 aliphatic carbocycles. The molecule has 1 unspecified atom stereocenters. The number of hydrogen-bond acceptors (Lipinski definition) is 4. The molecule has 1 aliphatic heterocycles. The molecule has 2 amide bonds. The monoisotopic (exact) mass is 281 g/mol. The van der Waals surface area contributed by atoms with E-state index in [0.29, 0.717) is 24.1 Å². The Kier molecular flexibility index (Phi) is 4.19. The van der Waals surface area contributed by atoms with Gasteiger partial charge in [0.25, 0.3) is 0 Å². The number of hydrogen-bond donors (Lipinski definition) is 1. The van der Waals surface area contributed by atoms with E-state index in [9.17, 15) is 9.59 Å². The second-order valence-corrected chi connectivity index (χ2v) is 6.03. The first-order chi connectivity index (χ1) is 8.97. The molecule has 1 N–H and O–H groups in total. The van der Waals surface area contributed by atoms with Gasteiger partial charge < -0.3 is 10.2 Å². The highest BCUT2D eigenvalue weighted by Crippen LogP contribution is 2.23. The Morgan fingerprint density at radius 2 is 2.26 bits per heavy atom. The number of carbonyl (C=O) groups excluding carboxylic acids is 2. The molecule has 1 aromatic rings. The molecule has 0 aromatic carbocycles. The van der Waals surface area contributed by atoms with E-state index < -0.39 is 0 Å². The van der Waals surface area contributed by atoms with Gasteiger partial charge >= 0.3 is 0 Å². The van der Waals surface area contributed by atoms with Crippen molar-refractivity contribution in [1.82, 2.24) is 9.88 Å². The standard InChI is InChI=1S/C13H19N3O2S/c1-8(2)11-7-19-13(14-11)15-12(18)10-4-5-16(6-10)9(3)17/h7-8,10H,4-6H2,1-3H3,(H,14,15,18). The molecule has 5 nitrogen and oxygen atoms in total. The highest BCUT2D eigenvalue weighted by molar-refractivity contribution is 7.13. The molecule has 0 spiro atoms. The molecule has 0 radical (unpaired) electrons. The summed E-state index contributed by atoms with van der Waals surface area (Å²) in [5.41, 5.74) is 0.997. The van der Waals surface area contributed by atoms with E-state index in [1.165, 1.54) is 18.3 Å². The molecule has 2 rings (SSSR count). The van der Waals surface area contributed by atoms with Crippen molar-refractivity contribution in [1.29, 1.82) is 0 Å². The Morgan fingerprint density at radius 3 is 2.79 bits per heavy atom. The van der Waals surface area contributed by atoms with Gasteiger partial charge in [-0.15, -0.1) is 11.3 Å². The van der Waals surface area contributed by atoms with Gasteiger partial charge in [0.05, 0.1) is 11.6 Å². The van der Waals surface area contributed by atoms with Crippen molar-refractivity contribution in [2.75, 3.05) is 18.4 Å². The molecule has 1 aromatic heterocycles. The van der Waals surface area contributed by atoms with Crippen LogP contribution in [0.2, 0.25) is 0 Å². The van der Waals surface area contributed by atoms with E-state index in [0.717, 1.165) is 12.1 Å². The van der Waals surface area contributed by atoms with Crippen LogP contribution >= 0.6 is 11.3 Å². The summed E-state index contributed by atoms with van der Waals surface area (Å²) in [5.74, 6) is 0.247. The van der Waals surface area contributed by atoms with E-state index >= 15 is 0 Å². The molecule has 104 valence electrons. The summed E-state index contributed by atoms with van der Waals surface area (Å²) in [6.45, 7) is 6.87. The molecule has 1 saturated heterocycles. The average Bonchev–Trinajstić information content (AvgIpc) is 2.96. The predicted octanol–water partition coefficient (Wildman–Crippen LogP) is 2.07. The van der Waals surface area contributed by atoms with Crippen molar-refractivity contribution in [3.05, 3.63) is 11.1 Å². The van der Waals surface area contributed by atoms with Crippen molar-refractivity contribution in [3.8, 4) is 0 Å². The molecule has 0 saturated carbocycles. The Labute approximate surface area is 117 Å². The molecule has 1 atom stereocenters. The fraction of sp³-hybridized carbons (Fsp3) is 0.615. The third kappa shape index (κ3) is 3.32. The summed E-state index contributed by atoms with van der Waals surface area (Å²) in [7, 11) is 0. The lowest BCUT2D eigenvalue weighted by atomic mass is 10.1. The Morgan fingerprint density at radius 1 is 1.53 bits per heavy atom. The van der Waals surface area contributed by atoms with Gasteiger partial charge in [0, 0.05) is 25.4 Å². The average molecular weight is 281 g/mol. The Hall–Kier alpha value is -1.43. The van der Waals surface area contributed by atoms with Crippen LogP contribution in [0.4, 0.5) is 5.13 Å². The van der Waals surface area contributed by atoms with Crippen molar-refractivity contribution >= 4 is 28.3 Å². The van der Waals surface area contributed by atoms with Crippen LogP contribution in [0.1, 0.15) is 38.8 Å². The summed E-state index contributed by atoms with van der Waals surface area (Å²) < 4.78 is 0. The Bertz CT molecular complexity index is 484. The molecule has 1 aliphatic rings. The van der Waals surface area contributed by atoms with Crippen LogP contribution in [-0.2, 0) is 9.59 Å². The first kappa shape index (κ1) is 14.0. The van der Waals surface area contributed by atoms with Crippen LogP contribution in [0.3, 0.4) is 0 Å². The number of nitrogens with one attached hydrogen (secondary N) is 1. The van der Waals surface area contributed by atoms with Crippen LogP contribution in [0.25, 0.3) is 0 Å². The van der Waals surface area contributed by atoms with E-state index in [2.05, 4.69) is 24.1 Å². The SMILES string of the molecule is CC(=O)N1CCC(C(=O)Nc2nc(C(C)C)cs2)C1. The van der Waals surface area contributed by atoms with E-state index in [-0.39, 0.29) is 17.7 Å². The van der Waals surface area contributed by atoms with Gasteiger partial charge in [-0.2, -0.15) is 0 Å². The van der Waals surface area contributed by atoms with Gasteiger partial charge in [0.1, 0.15) is 0 Å². The molecule has 2 heterocycles. The number of carbonyl (C=O) groups is 2. The lowest BCUT2D eigenvalue weighted by Crippen LogP contribution is -2.29. The third-order valence-electron chi connectivity index (χ3n) is 3.35. The maximum atomic E-state index is 12.1. The van der Waals surface area contributed by atoms with E-state index in [1.807, 2.05) is 5.38 Å². The van der Waals surface area contributed by atoms with Crippen LogP contribution in [0.5, 0.6) is 0 Å². The molecule has 6 heteroatoms. The smallest absolute Gasteiger partial charge is 0.231 e. The van der Waals surface area contributed by atoms with Gasteiger partial charge in [-0.05, 0) is 12.3 Å². The highest BCUT2D eigenvalue weighted by atomic mass is 32.1. The Balaban J connectivity index is 1.92. The fourth-order valence-corrected chi connectivity index (χ4v) is 2.95. The second kappa shape index (κ2) is 5.69. The largest absolute Gasteiger partial charge is 0.342 e. The van der Waals surface area contributed by atoms with Crippen LogP contribution in [0, 0.1) is 5.92 Å². The molecule has 1 fully saturated rings. The maximum Gasteiger partial charge on any atom is 0.231 e. The third-order valence-corrected chi connectivity index (χ3v) is 4.12. The zero-order chi connectivity index (χ0) is 14.0. The fourth-order valence-electron chi connectivity index (χ4n) is 2.08. The quantitative estimate of drug-likeness (QED) is 0.922. The maximum absolute atomic E-state index is 12.1. The minimum absolute atomic E-state index is 0.0339. The molecule has 19 heavy (non-hydrogen) atoms. The minimum Gasteiger partial charge on any atom is -0.342 e. The number of anilines is 1. The summed E-state index contributed by atoms with van der Waals surface area (Å²) >= 11 is 1.45. The zero-order valence-electron chi connectivity index (χ0n) is 11.5. The number of nitrogens with zero attached hydrogens (tertiary/aromatic N) is 2. The lowest BCUT2D eigenvalue weighted by Gasteiger charge is -2.13. The molecular formula is C13H19N3O2S. The van der Waals surface area contributed by atoms with Crippen molar-refractivity contribution in [3.63, 3.8) is 0 Å². The molecular weight excluding hydrogens is 262 g/mol. The number of aromatic nitrogens is 1. The topological polar surface area (TPSA) is 62.3 Å². The summed E-state index contributed by atoms with van der Waals surface area (Å²) in [5, 5.41) is 5.47. The van der Waals surface area contributed by atoms with Gasteiger partial charge in [0.15, 0.2) is 5.13 Å². The highest BCUT2D eigenvalue weighted by Gasteiger charge is 2.29. The van der Waals surface area contributed by atoms with Crippen LogP contribution < -0.4 is 5.32 Å². The first-order valence-corrected chi connectivity index (χ1v) is 7.37. The molecule has 0 bridgehead atoms. The van der Waals surface area contributed by atoms with Gasteiger partial charge in [-0.1, -0.05) is 13.8 Å². The van der Waals surface area contributed by atoms with Gasteiger partial charge in [-0.3, -0.25) is 9.59 Å². The van der Waals surface area contributed by atoms with Gasteiger partial charge in [0.2, 0.25) is 11.8 Å². The number of thiazole rings is 1. The van der Waals surface area contributed by atoms with E-state index in [4.69, 9.17) is 0 Å². The number of amides is 2. The van der Waals surface area contributed by atoms with Crippen molar-refractivity contribution in [2.45, 2.75) is 33.1 Å². The normalized spacial score (nSPS) is 18.9. The minimum atomic E-state index is -0.115. The van der Waals surface area contributed by atoms with Crippen LogP contribution in [0.15, 0.2) is 5.38 Å². The first-order valence-electron chi connectivity index (χ1n) is 6.49. The lowest BCUT2D eigenvalue weighted by molar-refractivity contribution is -0.128. The number of likely N-dealkylation sites (tertiary alicyclic amines) is 1. The summed E-state index contributed by atoms with van der Waals surface area (Å²) in [6, 6.07) is 0. The van der Waals surface area contributed by atoms with E-state index in [1.54, 1.807) is 4.90 Å². The van der Waals surface area contributed by atoms with Crippen LogP contribution in [-0.4, -0.2) is 34.8 Å². The summed E-state index contributed by atoms with van der Waals surface area (Å²) in [4.78, 5) is 29.4.